The Kier molecular flexibility index (Phi) is 6.55. The van der Waals surface area contributed by atoms with Gasteiger partial charge in [0.05, 0.1) is 20.3 Å². The third kappa shape index (κ3) is 4.97. The van der Waals surface area contributed by atoms with Gasteiger partial charge in [0.25, 0.3) is 0 Å². The van der Waals surface area contributed by atoms with Gasteiger partial charge in [-0.2, -0.15) is 0 Å². The number of ether oxygens (including phenoxy) is 4. The van der Waals surface area contributed by atoms with Crippen molar-refractivity contribution < 1.29 is 38.1 Å². The van der Waals surface area contributed by atoms with Gasteiger partial charge in [-0.25, -0.2) is 4.79 Å². The van der Waals surface area contributed by atoms with Crippen molar-refractivity contribution >= 4 is 24.0 Å². The Bertz CT molecular complexity index is 515. The summed E-state index contributed by atoms with van der Waals surface area (Å²) in [5, 5.41) is 2.41. The first-order chi connectivity index (χ1) is 10.8. The molecule has 128 valence electrons. The van der Waals surface area contributed by atoms with Gasteiger partial charge < -0.3 is 24.3 Å². The van der Waals surface area contributed by atoms with Crippen molar-refractivity contribution in [1.29, 1.82) is 0 Å². The van der Waals surface area contributed by atoms with E-state index in [1.165, 1.54) is 26.0 Å². The number of hydrogen-bond acceptors (Lipinski definition) is 8. The number of alkyl carbamates (subject to hydrolysis) is 1. The van der Waals surface area contributed by atoms with Gasteiger partial charge in [-0.15, -0.1) is 0 Å². The van der Waals surface area contributed by atoms with Crippen molar-refractivity contribution in [3.63, 3.8) is 0 Å². The highest BCUT2D eigenvalue weighted by molar-refractivity contribution is 5.78. The fraction of sp³-hybridized carbons (Fsp3) is 0.571. The Morgan fingerprint density at radius 2 is 1.39 bits per heavy atom. The number of methoxy groups -OCH3 is 2. The maximum Gasteiger partial charge on any atom is 0.407 e. The van der Waals surface area contributed by atoms with Crippen LogP contribution in [0.5, 0.6) is 0 Å². The van der Waals surface area contributed by atoms with Gasteiger partial charge >= 0.3 is 24.0 Å². The van der Waals surface area contributed by atoms with Gasteiger partial charge in [-0.1, -0.05) is 0 Å². The molecule has 9 nitrogen and oxygen atoms in total. The Hall–Kier alpha value is -2.58. The van der Waals surface area contributed by atoms with Crippen molar-refractivity contribution in [2.24, 2.45) is 5.92 Å². The number of carbonyl (C=O) groups excluding carboxylic acids is 4. The van der Waals surface area contributed by atoms with E-state index in [-0.39, 0.29) is 0 Å². The van der Waals surface area contributed by atoms with Gasteiger partial charge in [-0.3, -0.25) is 14.4 Å². The van der Waals surface area contributed by atoms with Crippen LogP contribution in [0.3, 0.4) is 0 Å². The molecule has 0 aromatic rings. The van der Waals surface area contributed by atoms with E-state index in [0.717, 1.165) is 14.2 Å². The molecule has 0 heterocycles. The lowest BCUT2D eigenvalue weighted by Crippen LogP contribution is -2.57. The largest absolute Gasteiger partial charge is 0.469 e. The zero-order chi connectivity index (χ0) is 17.6. The minimum Gasteiger partial charge on any atom is -0.469 e. The first-order valence-electron chi connectivity index (χ1n) is 6.75. The van der Waals surface area contributed by atoms with Gasteiger partial charge in [-0.05, 0) is 12.2 Å². The van der Waals surface area contributed by atoms with E-state index in [2.05, 4.69) is 10.1 Å². The molecule has 1 N–H and O–H groups in total. The molecule has 0 aromatic carbocycles. The Balaban J connectivity index is 3.19. The SMILES string of the molecule is COC(=O)N[C@@H]1[C@H](C(=O)OC)[C@@H](OC(C)=O)C=C[C@@H]1OC(C)=O. The van der Waals surface area contributed by atoms with E-state index in [1.54, 1.807) is 0 Å². The summed E-state index contributed by atoms with van der Waals surface area (Å²) < 4.78 is 19.4. The molecule has 0 bridgehead atoms. The molecule has 0 fully saturated rings. The second-order valence-electron chi connectivity index (χ2n) is 4.74. The summed E-state index contributed by atoms with van der Waals surface area (Å²) >= 11 is 0. The molecule has 1 amide bonds. The number of rotatable bonds is 4. The number of nitrogens with one attached hydrogen (secondary N) is 1. The molecule has 0 saturated heterocycles. The fourth-order valence-corrected chi connectivity index (χ4v) is 2.26. The fourth-order valence-electron chi connectivity index (χ4n) is 2.26. The maximum atomic E-state index is 12.1. The molecule has 1 rings (SSSR count). The standard InChI is InChI=1S/C14H19NO8/c1-7(16)22-9-5-6-10(23-8(2)17)12(15-14(19)21-4)11(9)13(18)20-3/h5-6,9-12H,1-4H3,(H,15,19)/t9-,10-,11+,12-/m0/s1. The van der Waals surface area contributed by atoms with Gasteiger partial charge in [0.1, 0.15) is 18.1 Å². The zero-order valence-corrected chi connectivity index (χ0v) is 13.2. The summed E-state index contributed by atoms with van der Waals surface area (Å²) in [4.78, 5) is 46.1. The monoisotopic (exact) mass is 329 g/mol. The number of amides is 1. The molecule has 23 heavy (non-hydrogen) atoms. The third-order valence-electron chi connectivity index (χ3n) is 3.13. The van der Waals surface area contributed by atoms with Crippen molar-refractivity contribution in [2.45, 2.75) is 32.1 Å². The number of carbonyl (C=O) groups is 4. The number of hydrogen-bond donors (Lipinski definition) is 1. The Labute approximate surface area is 132 Å². The molecular formula is C14H19NO8. The number of esters is 3. The first-order valence-corrected chi connectivity index (χ1v) is 6.75. The van der Waals surface area contributed by atoms with Crippen molar-refractivity contribution in [3.05, 3.63) is 12.2 Å². The second kappa shape index (κ2) is 8.16. The zero-order valence-electron chi connectivity index (χ0n) is 13.2. The van der Waals surface area contributed by atoms with Crippen LogP contribution >= 0.6 is 0 Å². The summed E-state index contributed by atoms with van der Waals surface area (Å²) in [7, 11) is 2.30. The molecule has 0 spiro atoms. The summed E-state index contributed by atoms with van der Waals surface area (Å²) in [5.74, 6) is -3.06. The Morgan fingerprint density at radius 3 is 1.87 bits per heavy atom. The Morgan fingerprint density at radius 1 is 0.870 bits per heavy atom. The normalized spacial score (nSPS) is 25.9. The van der Waals surface area contributed by atoms with Crippen LogP contribution in [0.15, 0.2) is 12.2 Å². The molecule has 9 heteroatoms. The maximum absolute atomic E-state index is 12.1. The van der Waals surface area contributed by atoms with Crippen LogP contribution in [0.1, 0.15) is 13.8 Å². The molecule has 0 radical (unpaired) electrons. The smallest absolute Gasteiger partial charge is 0.407 e. The molecule has 4 atom stereocenters. The van der Waals surface area contributed by atoms with Gasteiger partial charge in [0.2, 0.25) is 0 Å². The predicted octanol–water partition coefficient (Wildman–Crippen LogP) is -0.0666. The van der Waals surface area contributed by atoms with E-state index in [9.17, 15) is 19.2 Å². The van der Waals surface area contributed by atoms with Crippen LogP contribution in [-0.2, 0) is 33.3 Å². The van der Waals surface area contributed by atoms with Crippen LogP contribution in [0.4, 0.5) is 4.79 Å². The third-order valence-corrected chi connectivity index (χ3v) is 3.13. The average molecular weight is 329 g/mol. The van der Waals surface area contributed by atoms with E-state index in [1.807, 2.05) is 0 Å². The molecule has 1 aliphatic rings. The molecule has 0 saturated carbocycles. The summed E-state index contributed by atoms with van der Waals surface area (Å²) in [6.07, 6.45) is 0.0792. The topological polar surface area (TPSA) is 117 Å². The second-order valence-corrected chi connectivity index (χ2v) is 4.74. The molecule has 0 unspecified atom stereocenters. The molecule has 1 aliphatic carbocycles. The highest BCUT2D eigenvalue weighted by Gasteiger charge is 2.46. The minimum absolute atomic E-state index is 0.606. The van der Waals surface area contributed by atoms with E-state index in [4.69, 9.17) is 14.2 Å². The van der Waals surface area contributed by atoms with Crippen molar-refractivity contribution in [2.75, 3.05) is 14.2 Å². The van der Waals surface area contributed by atoms with Crippen molar-refractivity contribution in [3.8, 4) is 0 Å². The van der Waals surface area contributed by atoms with Crippen LogP contribution in [0.25, 0.3) is 0 Å². The van der Waals surface area contributed by atoms with Crippen LogP contribution in [0, 0.1) is 5.92 Å². The highest BCUT2D eigenvalue weighted by Crippen LogP contribution is 2.26. The molecule has 0 aromatic heterocycles. The lowest BCUT2D eigenvalue weighted by molar-refractivity contribution is -0.163. The van der Waals surface area contributed by atoms with E-state index < -0.39 is 48.2 Å². The van der Waals surface area contributed by atoms with Gasteiger partial charge in [0.15, 0.2) is 0 Å². The molecular weight excluding hydrogens is 310 g/mol. The quantitative estimate of drug-likeness (QED) is 0.433. The lowest BCUT2D eigenvalue weighted by Gasteiger charge is -2.36. The first kappa shape index (κ1) is 18.5. The lowest BCUT2D eigenvalue weighted by atomic mass is 9.84. The van der Waals surface area contributed by atoms with Crippen LogP contribution in [0.2, 0.25) is 0 Å². The van der Waals surface area contributed by atoms with E-state index in [0.29, 0.717) is 0 Å². The molecule has 0 aliphatic heterocycles. The van der Waals surface area contributed by atoms with Crippen molar-refractivity contribution in [1.82, 2.24) is 5.32 Å². The van der Waals surface area contributed by atoms with Crippen LogP contribution in [-0.4, -0.2) is 56.5 Å². The van der Waals surface area contributed by atoms with Gasteiger partial charge in [0, 0.05) is 13.8 Å². The summed E-state index contributed by atoms with van der Waals surface area (Å²) in [6, 6.07) is -1.02. The average Bonchev–Trinajstić information content (AvgIpc) is 2.48. The highest BCUT2D eigenvalue weighted by atomic mass is 16.6. The summed E-state index contributed by atoms with van der Waals surface area (Å²) in [5.41, 5.74) is 0. The van der Waals surface area contributed by atoms with Crippen LogP contribution < -0.4 is 5.32 Å². The summed E-state index contributed by atoms with van der Waals surface area (Å²) in [6.45, 7) is 2.37. The van der Waals surface area contributed by atoms with E-state index >= 15 is 0 Å². The minimum atomic E-state index is -1.10. The predicted molar refractivity (Wildman–Crippen MR) is 75.1 cm³/mol.